The first-order valence-electron chi connectivity index (χ1n) is 6.43. The summed E-state index contributed by atoms with van der Waals surface area (Å²) >= 11 is 0. The van der Waals surface area contributed by atoms with E-state index in [1.807, 2.05) is 0 Å². The van der Waals surface area contributed by atoms with Crippen LogP contribution in [0.3, 0.4) is 0 Å². The molecular formula is C12H25N3O. The van der Waals surface area contributed by atoms with E-state index in [-0.39, 0.29) is 5.91 Å². The molecule has 4 heteroatoms. The number of piperidine rings is 1. The molecule has 4 nitrogen and oxygen atoms in total. The highest BCUT2D eigenvalue weighted by Gasteiger charge is 2.23. The van der Waals surface area contributed by atoms with E-state index in [0.29, 0.717) is 12.6 Å². The van der Waals surface area contributed by atoms with Gasteiger partial charge in [0, 0.05) is 19.6 Å². The number of hydrogen-bond acceptors (Lipinski definition) is 3. The van der Waals surface area contributed by atoms with Gasteiger partial charge in [0.1, 0.15) is 0 Å². The van der Waals surface area contributed by atoms with Gasteiger partial charge in [-0.15, -0.1) is 0 Å². The Bertz CT molecular complexity index is 208. The van der Waals surface area contributed by atoms with Crippen LogP contribution in [0.1, 0.15) is 32.6 Å². The Morgan fingerprint density at radius 3 is 2.94 bits per heavy atom. The first-order chi connectivity index (χ1) is 7.77. The van der Waals surface area contributed by atoms with E-state index >= 15 is 0 Å². The molecule has 16 heavy (non-hydrogen) atoms. The number of carbonyl (C=O) groups is 1. The maximum absolute atomic E-state index is 11.4. The van der Waals surface area contributed by atoms with Gasteiger partial charge in [-0.25, -0.2) is 0 Å². The van der Waals surface area contributed by atoms with Crippen LogP contribution < -0.4 is 10.6 Å². The normalized spacial score (nSPS) is 22.0. The molecule has 1 saturated heterocycles. The van der Waals surface area contributed by atoms with Crippen molar-refractivity contribution in [2.45, 2.75) is 38.6 Å². The van der Waals surface area contributed by atoms with Gasteiger partial charge in [0.25, 0.3) is 0 Å². The van der Waals surface area contributed by atoms with Gasteiger partial charge in [-0.3, -0.25) is 9.69 Å². The van der Waals surface area contributed by atoms with Crippen LogP contribution in [0.15, 0.2) is 0 Å². The molecule has 1 fully saturated rings. The summed E-state index contributed by atoms with van der Waals surface area (Å²) in [5.74, 6) is 0.127. The summed E-state index contributed by atoms with van der Waals surface area (Å²) in [7, 11) is 1.70. The zero-order chi connectivity index (χ0) is 11.8. The van der Waals surface area contributed by atoms with E-state index in [9.17, 15) is 4.79 Å². The first-order valence-corrected chi connectivity index (χ1v) is 6.43. The maximum Gasteiger partial charge on any atom is 0.233 e. The van der Waals surface area contributed by atoms with Crippen LogP contribution in [0, 0.1) is 0 Å². The number of nitrogens with zero attached hydrogens (tertiary/aromatic N) is 1. The molecule has 0 bridgehead atoms. The van der Waals surface area contributed by atoms with E-state index < -0.39 is 0 Å². The van der Waals surface area contributed by atoms with Crippen LogP contribution in [0.5, 0.6) is 0 Å². The smallest absolute Gasteiger partial charge is 0.233 e. The molecule has 0 aromatic heterocycles. The van der Waals surface area contributed by atoms with Crippen molar-refractivity contribution in [2.75, 3.05) is 33.2 Å². The fourth-order valence-corrected chi connectivity index (χ4v) is 2.21. The van der Waals surface area contributed by atoms with Crippen LogP contribution in [-0.4, -0.2) is 50.1 Å². The second-order valence-corrected chi connectivity index (χ2v) is 4.50. The highest BCUT2D eigenvalue weighted by molar-refractivity contribution is 5.77. The molecule has 1 atom stereocenters. The van der Waals surface area contributed by atoms with Gasteiger partial charge >= 0.3 is 0 Å². The van der Waals surface area contributed by atoms with Crippen molar-refractivity contribution in [3.05, 3.63) is 0 Å². The minimum absolute atomic E-state index is 0.127. The molecular weight excluding hydrogens is 202 g/mol. The van der Waals surface area contributed by atoms with Crippen molar-refractivity contribution >= 4 is 5.91 Å². The molecule has 2 N–H and O–H groups in total. The molecule has 1 aliphatic rings. The average Bonchev–Trinajstić information content (AvgIpc) is 2.31. The number of carbonyl (C=O) groups excluding carboxylic acids is 1. The highest BCUT2D eigenvalue weighted by Crippen LogP contribution is 2.15. The van der Waals surface area contributed by atoms with Gasteiger partial charge in [0.15, 0.2) is 0 Å². The molecule has 1 rings (SSSR count). The molecule has 1 heterocycles. The Balaban J connectivity index is 2.34. The Labute approximate surface area is 98.8 Å². The molecule has 0 aromatic carbocycles. The Kier molecular flexibility index (Phi) is 6.42. The molecule has 94 valence electrons. The lowest BCUT2D eigenvalue weighted by atomic mass is 10.0. The number of rotatable bonds is 6. The Morgan fingerprint density at radius 2 is 2.25 bits per heavy atom. The topological polar surface area (TPSA) is 44.4 Å². The second kappa shape index (κ2) is 7.63. The summed E-state index contributed by atoms with van der Waals surface area (Å²) in [4.78, 5) is 13.7. The van der Waals surface area contributed by atoms with Crippen LogP contribution >= 0.6 is 0 Å². The maximum atomic E-state index is 11.4. The monoisotopic (exact) mass is 227 g/mol. The molecule has 1 amide bonds. The van der Waals surface area contributed by atoms with Crippen LogP contribution in [0.25, 0.3) is 0 Å². The third-order valence-electron chi connectivity index (χ3n) is 3.18. The minimum Gasteiger partial charge on any atom is -0.358 e. The standard InChI is InChI=1S/C12H25N3O/c1-3-7-14-9-11-6-4-5-8-15(11)10-12(16)13-2/h11,14H,3-10H2,1-2H3,(H,13,16). The largest absolute Gasteiger partial charge is 0.358 e. The summed E-state index contributed by atoms with van der Waals surface area (Å²) < 4.78 is 0. The second-order valence-electron chi connectivity index (χ2n) is 4.50. The van der Waals surface area contributed by atoms with E-state index in [1.54, 1.807) is 7.05 Å². The van der Waals surface area contributed by atoms with Crippen molar-refractivity contribution in [3.8, 4) is 0 Å². The predicted octanol–water partition coefficient (Wildman–Crippen LogP) is 0.587. The van der Waals surface area contributed by atoms with Gasteiger partial charge in [-0.2, -0.15) is 0 Å². The molecule has 1 unspecified atom stereocenters. The third kappa shape index (κ3) is 4.49. The number of likely N-dealkylation sites (N-methyl/N-ethyl adjacent to an activating group) is 1. The molecule has 0 radical (unpaired) electrons. The van der Waals surface area contributed by atoms with E-state index in [2.05, 4.69) is 22.5 Å². The van der Waals surface area contributed by atoms with E-state index in [0.717, 1.165) is 19.6 Å². The highest BCUT2D eigenvalue weighted by atomic mass is 16.1. The summed E-state index contributed by atoms with van der Waals surface area (Å²) in [5.41, 5.74) is 0. The lowest BCUT2D eigenvalue weighted by molar-refractivity contribution is -0.122. The summed E-state index contributed by atoms with van der Waals surface area (Å²) in [6, 6.07) is 0.539. The van der Waals surface area contributed by atoms with Gasteiger partial charge in [0.05, 0.1) is 6.54 Å². The van der Waals surface area contributed by atoms with Gasteiger partial charge in [-0.1, -0.05) is 13.3 Å². The van der Waals surface area contributed by atoms with Crippen molar-refractivity contribution in [3.63, 3.8) is 0 Å². The minimum atomic E-state index is 0.127. The Hall–Kier alpha value is -0.610. The third-order valence-corrected chi connectivity index (χ3v) is 3.18. The molecule has 0 spiro atoms. The van der Waals surface area contributed by atoms with Crippen molar-refractivity contribution in [1.29, 1.82) is 0 Å². The molecule has 1 aliphatic heterocycles. The fraction of sp³-hybridized carbons (Fsp3) is 0.917. The number of amides is 1. The molecule has 0 aliphatic carbocycles. The van der Waals surface area contributed by atoms with Gasteiger partial charge < -0.3 is 10.6 Å². The van der Waals surface area contributed by atoms with Crippen molar-refractivity contribution in [1.82, 2.24) is 15.5 Å². The Morgan fingerprint density at radius 1 is 1.44 bits per heavy atom. The summed E-state index contributed by atoms with van der Waals surface area (Å²) in [6.45, 7) is 5.88. The number of likely N-dealkylation sites (tertiary alicyclic amines) is 1. The zero-order valence-electron chi connectivity index (χ0n) is 10.6. The number of nitrogens with one attached hydrogen (secondary N) is 2. The fourth-order valence-electron chi connectivity index (χ4n) is 2.21. The summed E-state index contributed by atoms with van der Waals surface area (Å²) in [5, 5.41) is 6.15. The van der Waals surface area contributed by atoms with Crippen molar-refractivity contribution in [2.24, 2.45) is 0 Å². The SMILES string of the molecule is CCCNCC1CCCCN1CC(=O)NC. The van der Waals surface area contributed by atoms with Crippen LogP contribution in [0.2, 0.25) is 0 Å². The average molecular weight is 227 g/mol. The molecule has 0 aromatic rings. The van der Waals surface area contributed by atoms with E-state index in [4.69, 9.17) is 0 Å². The lowest BCUT2D eigenvalue weighted by Gasteiger charge is -2.35. The first kappa shape index (κ1) is 13.5. The van der Waals surface area contributed by atoms with Gasteiger partial charge in [-0.05, 0) is 32.4 Å². The van der Waals surface area contributed by atoms with E-state index in [1.165, 1.54) is 25.7 Å². The number of hydrogen-bond donors (Lipinski definition) is 2. The predicted molar refractivity (Wildman–Crippen MR) is 66.4 cm³/mol. The summed E-state index contributed by atoms with van der Waals surface area (Å²) in [6.07, 6.45) is 4.90. The van der Waals surface area contributed by atoms with Crippen LogP contribution in [-0.2, 0) is 4.79 Å². The molecule has 0 saturated carbocycles. The van der Waals surface area contributed by atoms with Crippen molar-refractivity contribution < 1.29 is 4.79 Å². The lowest BCUT2D eigenvalue weighted by Crippen LogP contribution is -2.49. The van der Waals surface area contributed by atoms with Crippen LogP contribution in [0.4, 0.5) is 0 Å². The van der Waals surface area contributed by atoms with Gasteiger partial charge in [0.2, 0.25) is 5.91 Å². The zero-order valence-corrected chi connectivity index (χ0v) is 10.6. The quantitative estimate of drug-likeness (QED) is 0.653.